The molecule has 0 bridgehead atoms. The van der Waals surface area contributed by atoms with Crippen molar-refractivity contribution in [3.8, 4) is 0 Å². The Bertz CT molecular complexity index is 539. The Labute approximate surface area is 169 Å². The van der Waals surface area contributed by atoms with Gasteiger partial charge in [0.1, 0.15) is 0 Å². The lowest BCUT2D eigenvalue weighted by molar-refractivity contribution is -0.137. The van der Waals surface area contributed by atoms with Crippen LogP contribution in [0, 0.1) is 11.8 Å². The summed E-state index contributed by atoms with van der Waals surface area (Å²) in [6.07, 6.45) is 16.0. The highest BCUT2D eigenvalue weighted by Gasteiger charge is 2.39. The Morgan fingerprint density at radius 1 is 1.14 bits per heavy atom. The van der Waals surface area contributed by atoms with Gasteiger partial charge in [0.2, 0.25) is 0 Å². The fraction of sp³-hybridized carbons (Fsp3) is 0.696. The maximum Gasteiger partial charge on any atom is 0.303 e. The van der Waals surface area contributed by atoms with Crippen LogP contribution in [0.2, 0.25) is 0 Å². The normalized spacial score (nSPS) is 27.9. The Balaban J connectivity index is 2.63. The Hall–Kier alpha value is -1.43. The van der Waals surface area contributed by atoms with E-state index < -0.39 is 23.8 Å². The van der Waals surface area contributed by atoms with Gasteiger partial charge < -0.3 is 20.4 Å². The largest absolute Gasteiger partial charge is 0.481 e. The summed E-state index contributed by atoms with van der Waals surface area (Å²) in [6.45, 7) is 4.00. The lowest BCUT2D eigenvalue weighted by Gasteiger charge is -2.24. The molecule has 0 aliphatic heterocycles. The number of unbranched alkanes of at least 4 members (excludes halogenated alkanes) is 2. The predicted octanol–water partition coefficient (Wildman–Crippen LogP) is 3.99. The first-order valence-electron chi connectivity index (χ1n) is 10.6. The third kappa shape index (κ3) is 8.72. The average molecular weight is 395 g/mol. The molecule has 0 aromatic heterocycles. The molecule has 0 amide bonds. The number of aliphatic hydroxyl groups is 3. The third-order valence-corrected chi connectivity index (χ3v) is 5.52. The lowest BCUT2D eigenvalue weighted by atomic mass is 9.87. The minimum absolute atomic E-state index is 0.0626. The van der Waals surface area contributed by atoms with Crippen molar-refractivity contribution in [1.29, 1.82) is 0 Å². The zero-order chi connectivity index (χ0) is 21.0. The molecule has 0 aromatic carbocycles. The van der Waals surface area contributed by atoms with Gasteiger partial charge in [-0.05, 0) is 44.9 Å². The summed E-state index contributed by atoms with van der Waals surface area (Å²) in [5.74, 6) is -0.989. The molecule has 1 aliphatic carbocycles. The third-order valence-electron chi connectivity index (χ3n) is 5.52. The number of hydrogen-bond donors (Lipinski definition) is 4. The van der Waals surface area contributed by atoms with Crippen LogP contribution in [0.5, 0.6) is 0 Å². The molecule has 5 nitrogen and oxygen atoms in total. The molecule has 28 heavy (non-hydrogen) atoms. The summed E-state index contributed by atoms with van der Waals surface area (Å²) in [5.41, 5.74) is -0.858. The molecule has 1 saturated carbocycles. The van der Waals surface area contributed by atoms with Crippen LogP contribution in [0.3, 0.4) is 0 Å². The van der Waals surface area contributed by atoms with E-state index in [0.29, 0.717) is 38.5 Å². The van der Waals surface area contributed by atoms with Gasteiger partial charge in [0, 0.05) is 18.8 Å². The molecule has 0 heterocycles. The Kier molecular flexibility index (Phi) is 11.4. The van der Waals surface area contributed by atoms with Crippen LogP contribution in [-0.4, -0.2) is 44.2 Å². The minimum Gasteiger partial charge on any atom is -0.481 e. The second kappa shape index (κ2) is 12.9. The molecule has 0 aromatic rings. The Morgan fingerprint density at radius 3 is 2.54 bits per heavy atom. The van der Waals surface area contributed by atoms with Gasteiger partial charge in [-0.15, -0.1) is 0 Å². The lowest BCUT2D eigenvalue weighted by Crippen LogP contribution is -2.25. The molecule has 1 fully saturated rings. The number of allylic oxidation sites excluding steroid dienone is 3. The van der Waals surface area contributed by atoms with E-state index in [1.165, 1.54) is 0 Å². The highest BCUT2D eigenvalue weighted by Crippen LogP contribution is 2.36. The highest BCUT2D eigenvalue weighted by molar-refractivity contribution is 5.66. The van der Waals surface area contributed by atoms with Gasteiger partial charge in [0.25, 0.3) is 0 Å². The summed E-state index contributed by atoms with van der Waals surface area (Å²) in [5, 5.41) is 40.0. The molecule has 0 saturated heterocycles. The van der Waals surface area contributed by atoms with Crippen LogP contribution >= 0.6 is 0 Å². The van der Waals surface area contributed by atoms with Crippen molar-refractivity contribution < 1.29 is 25.2 Å². The van der Waals surface area contributed by atoms with Crippen LogP contribution in [0.1, 0.15) is 71.6 Å². The maximum absolute atomic E-state index is 10.8. The van der Waals surface area contributed by atoms with Crippen molar-refractivity contribution in [2.45, 2.75) is 89.4 Å². The topological polar surface area (TPSA) is 98.0 Å². The van der Waals surface area contributed by atoms with Gasteiger partial charge in [0.05, 0.1) is 17.8 Å². The first kappa shape index (κ1) is 24.6. The van der Waals surface area contributed by atoms with E-state index in [9.17, 15) is 20.1 Å². The second-order valence-electron chi connectivity index (χ2n) is 7.94. The number of hydrogen-bond acceptors (Lipinski definition) is 4. The van der Waals surface area contributed by atoms with Gasteiger partial charge in [-0.3, -0.25) is 4.79 Å². The monoisotopic (exact) mass is 394 g/mol. The number of aliphatic hydroxyl groups excluding tert-OH is 2. The van der Waals surface area contributed by atoms with Crippen molar-refractivity contribution in [3.05, 3.63) is 36.5 Å². The molecule has 0 spiro atoms. The number of rotatable bonds is 13. The van der Waals surface area contributed by atoms with E-state index in [4.69, 9.17) is 5.11 Å². The second-order valence-corrected chi connectivity index (χ2v) is 7.94. The van der Waals surface area contributed by atoms with E-state index in [2.05, 4.69) is 6.92 Å². The quantitative estimate of drug-likeness (QED) is 0.280. The molecule has 1 rings (SSSR count). The molecule has 1 aliphatic rings. The van der Waals surface area contributed by atoms with E-state index >= 15 is 0 Å². The molecule has 5 heteroatoms. The standard InChI is InChI=1S/C23H38O5/c1-3-5-15-23(28,14-4-2)16-10-12-19-18(20(24)17-21(19)25)11-8-6-7-9-13-22(26)27/h4,6,8,10,12,14,18-21,24-25,28H,3,5,7,9,11,13,15-17H2,1-2H3,(H,26,27)/t18-,19-,20+,21-,23?/m1/s1. The summed E-state index contributed by atoms with van der Waals surface area (Å²) in [4.78, 5) is 10.5. The van der Waals surface area contributed by atoms with Crippen molar-refractivity contribution in [2.24, 2.45) is 11.8 Å². The summed E-state index contributed by atoms with van der Waals surface area (Å²) in [7, 11) is 0. The first-order valence-corrected chi connectivity index (χ1v) is 10.6. The zero-order valence-electron chi connectivity index (χ0n) is 17.3. The highest BCUT2D eigenvalue weighted by atomic mass is 16.4. The van der Waals surface area contributed by atoms with Crippen LogP contribution in [0.25, 0.3) is 0 Å². The average Bonchev–Trinajstić information content (AvgIpc) is 2.89. The van der Waals surface area contributed by atoms with Crippen LogP contribution < -0.4 is 0 Å². The van der Waals surface area contributed by atoms with Gasteiger partial charge >= 0.3 is 5.97 Å². The van der Waals surface area contributed by atoms with E-state index in [1.807, 2.05) is 43.4 Å². The number of aliphatic carboxylic acids is 1. The maximum atomic E-state index is 10.8. The molecular formula is C23H38O5. The molecule has 1 unspecified atom stereocenters. The van der Waals surface area contributed by atoms with Gasteiger partial charge in [0.15, 0.2) is 0 Å². The minimum atomic E-state index is -0.858. The number of carbonyl (C=O) groups is 1. The molecule has 0 radical (unpaired) electrons. The summed E-state index contributed by atoms with van der Waals surface area (Å²) >= 11 is 0. The van der Waals surface area contributed by atoms with E-state index in [-0.39, 0.29) is 18.3 Å². The SMILES string of the molecule is CC=CC(O)(CC=C[C@@H]1[C@@H](CC=CCCCC(=O)O)[C@@H](O)C[C@H]1O)CCCC. The van der Waals surface area contributed by atoms with Crippen molar-refractivity contribution in [2.75, 3.05) is 0 Å². The van der Waals surface area contributed by atoms with Crippen LogP contribution in [-0.2, 0) is 4.79 Å². The summed E-state index contributed by atoms with van der Waals surface area (Å²) < 4.78 is 0. The number of carboxylic acid groups (broad SMARTS) is 1. The Morgan fingerprint density at radius 2 is 1.89 bits per heavy atom. The molecule has 160 valence electrons. The van der Waals surface area contributed by atoms with Crippen LogP contribution in [0.15, 0.2) is 36.5 Å². The first-order chi connectivity index (χ1) is 13.3. The van der Waals surface area contributed by atoms with Crippen molar-refractivity contribution in [3.63, 3.8) is 0 Å². The molecule has 4 N–H and O–H groups in total. The molecule has 5 atom stereocenters. The summed E-state index contributed by atoms with van der Waals surface area (Å²) in [6, 6.07) is 0. The number of carboxylic acids is 1. The fourth-order valence-electron chi connectivity index (χ4n) is 3.92. The van der Waals surface area contributed by atoms with E-state index in [1.54, 1.807) is 0 Å². The van der Waals surface area contributed by atoms with Gasteiger partial charge in [-0.1, -0.05) is 56.2 Å². The molecular weight excluding hydrogens is 356 g/mol. The zero-order valence-corrected chi connectivity index (χ0v) is 17.3. The predicted molar refractivity (Wildman–Crippen MR) is 112 cm³/mol. The van der Waals surface area contributed by atoms with Crippen molar-refractivity contribution in [1.82, 2.24) is 0 Å². The van der Waals surface area contributed by atoms with Gasteiger partial charge in [-0.25, -0.2) is 0 Å². The van der Waals surface area contributed by atoms with Crippen LogP contribution in [0.4, 0.5) is 0 Å². The van der Waals surface area contributed by atoms with Gasteiger partial charge in [-0.2, -0.15) is 0 Å². The smallest absolute Gasteiger partial charge is 0.303 e. The fourth-order valence-corrected chi connectivity index (χ4v) is 3.92. The van der Waals surface area contributed by atoms with Crippen molar-refractivity contribution >= 4 is 5.97 Å². The van der Waals surface area contributed by atoms with E-state index in [0.717, 1.165) is 12.8 Å².